The molecular weight excluding hydrogens is 392 g/mol. The third kappa shape index (κ3) is 3.63. The van der Waals surface area contributed by atoms with E-state index in [2.05, 4.69) is 0 Å². The van der Waals surface area contributed by atoms with Crippen molar-refractivity contribution in [3.05, 3.63) is 74.3 Å². The number of hydrogen-bond acceptors (Lipinski definition) is 5. The molecule has 1 saturated heterocycles. The lowest BCUT2D eigenvalue weighted by Crippen LogP contribution is -2.43. The third-order valence-electron chi connectivity index (χ3n) is 4.34. The van der Waals surface area contributed by atoms with Crippen molar-refractivity contribution >= 4 is 40.9 Å². The average Bonchev–Trinajstić information content (AvgIpc) is 3.06. The normalized spacial score (nSPS) is 19.1. The van der Waals surface area contributed by atoms with Gasteiger partial charge in [-0.3, -0.25) is 14.9 Å². The van der Waals surface area contributed by atoms with Gasteiger partial charge in [0.1, 0.15) is 11.4 Å². The Balaban J connectivity index is 2.05. The standard InChI is InChI=1S/C18H15ClN2O5S/c1-10-6-7-11(8-14(10)21(25)26)16(22)20-15(18(23)24)9-27-17(20)12-4-2-3-5-13(12)19/h2-8,15,17H,9H2,1H3,(H,23,24)/t15-,17+/m1/s1. The summed E-state index contributed by atoms with van der Waals surface area (Å²) in [5.41, 5.74) is 0.930. The number of nitrogens with zero attached hydrogens (tertiary/aromatic N) is 2. The van der Waals surface area contributed by atoms with E-state index in [-0.39, 0.29) is 17.0 Å². The number of aliphatic carboxylic acids is 1. The van der Waals surface area contributed by atoms with Gasteiger partial charge in [0.25, 0.3) is 11.6 Å². The van der Waals surface area contributed by atoms with Crippen LogP contribution < -0.4 is 0 Å². The summed E-state index contributed by atoms with van der Waals surface area (Å²) in [6.07, 6.45) is 0. The second-order valence-corrected chi connectivity index (χ2v) is 7.55. The molecule has 27 heavy (non-hydrogen) atoms. The highest BCUT2D eigenvalue weighted by Gasteiger charge is 2.43. The van der Waals surface area contributed by atoms with Crippen LogP contribution in [-0.2, 0) is 4.79 Å². The number of carboxylic acid groups (broad SMARTS) is 1. The predicted molar refractivity (Wildman–Crippen MR) is 102 cm³/mol. The van der Waals surface area contributed by atoms with Crippen LogP contribution in [0.15, 0.2) is 42.5 Å². The first kappa shape index (κ1) is 19.2. The molecule has 140 valence electrons. The van der Waals surface area contributed by atoms with Crippen LogP contribution in [0.3, 0.4) is 0 Å². The average molecular weight is 407 g/mol. The molecule has 0 bridgehead atoms. The summed E-state index contributed by atoms with van der Waals surface area (Å²) < 4.78 is 0. The number of nitro groups is 1. The van der Waals surface area contributed by atoms with Gasteiger partial charge in [-0.05, 0) is 19.1 Å². The Hall–Kier alpha value is -2.58. The minimum Gasteiger partial charge on any atom is -0.480 e. The Morgan fingerprint density at radius 3 is 2.63 bits per heavy atom. The van der Waals surface area contributed by atoms with E-state index in [1.165, 1.54) is 34.9 Å². The van der Waals surface area contributed by atoms with E-state index in [4.69, 9.17) is 11.6 Å². The molecule has 1 N–H and O–H groups in total. The molecule has 2 aromatic rings. The molecule has 3 rings (SSSR count). The first-order chi connectivity index (χ1) is 12.8. The van der Waals surface area contributed by atoms with E-state index in [0.717, 1.165) is 0 Å². The van der Waals surface area contributed by atoms with E-state index in [1.807, 2.05) is 0 Å². The second kappa shape index (κ2) is 7.58. The summed E-state index contributed by atoms with van der Waals surface area (Å²) in [6.45, 7) is 1.57. The van der Waals surface area contributed by atoms with Crippen LogP contribution in [0, 0.1) is 17.0 Å². The van der Waals surface area contributed by atoms with Gasteiger partial charge in [0, 0.05) is 33.5 Å². The fraction of sp³-hybridized carbons (Fsp3) is 0.222. The lowest BCUT2D eigenvalue weighted by molar-refractivity contribution is -0.385. The van der Waals surface area contributed by atoms with Crippen LogP contribution in [0.25, 0.3) is 0 Å². The summed E-state index contributed by atoms with van der Waals surface area (Å²) in [4.78, 5) is 36.7. The highest BCUT2D eigenvalue weighted by atomic mass is 35.5. The van der Waals surface area contributed by atoms with Crippen LogP contribution >= 0.6 is 23.4 Å². The van der Waals surface area contributed by atoms with E-state index in [9.17, 15) is 24.8 Å². The van der Waals surface area contributed by atoms with Gasteiger partial charge in [0.15, 0.2) is 0 Å². The quantitative estimate of drug-likeness (QED) is 0.610. The number of nitro benzene ring substituents is 1. The molecule has 2 aromatic carbocycles. The molecule has 1 fully saturated rings. The van der Waals surface area contributed by atoms with Gasteiger partial charge >= 0.3 is 5.97 Å². The highest BCUT2D eigenvalue weighted by molar-refractivity contribution is 7.99. The van der Waals surface area contributed by atoms with Crippen molar-refractivity contribution in [3.63, 3.8) is 0 Å². The van der Waals surface area contributed by atoms with Gasteiger partial charge in [-0.15, -0.1) is 11.8 Å². The van der Waals surface area contributed by atoms with E-state index >= 15 is 0 Å². The molecule has 7 nitrogen and oxygen atoms in total. The molecule has 0 saturated carbocycles. The molecule has 1 aliphatic heterocycles. The Morgan fingerprint density at radius 2 is 2.00 bits per heavy atom. The number of carbonyl (C=O) groups excluding carboxylic acids is 1. The number of rotatable bonds is 4. The maximum Gasteiger partial charge on any atom is 0.327 e. The summed E-state index contributed by atoms with van der Waals surface area (Å²) in [6, 6.07) is 10.00. The van der Waals surface area contributed by atoms with Crippen LogP contribution in [0.2, 0.25) is 5.02 Å². The summed E-state index contributed by atoms with van der Waals surface area (Å²) in [5.74, 6) is -1.52. The maximum absolute atomic E-state index is 13.1. The highest BCUT2D eigenvalue weighted by Crippen LogP contribution is 2.44. The van der Waals surface area contributed by atoms with Crippen molar-refractivity contribution in [1.82, 2.24) is 4.90 Å². The fourth-order valence-electron chi connectivity index (χ4n) is 2.95. The number of carboxylic acids is 1. The zero-order valence-corrected chi connectivity index (χ0v) is 15.7. The largest absolute Gasteiger partial charge is 0.480 e. The maximum atomic E-state index is 13.1. The zero-order chi connectivity index (χ0) is 19.7. The van der Waals surface area contributed by atoms with Gasteiger partial charge < -0.3 is 10.0 Å². The number of thioether (sulfide) groups is 1. The van der Waals surface area contributed by atoms with E-state index < -0.39 is 28.2 Å². The lowest BCUT2D eigenvalue weighted by atomic mass is 10.1. The monoisotopic (exact) mass is 406 g/mol. The second-order valence-electron chi connectivity index (χ2n) is 6.03. The van der Waals surface area contributed by atoms with Gasteiger partial charge in [-0.1, -0.05) is 35.9 Å². The summed E-state index contributed by atoms with van der Waals surface area (Å²) in [7, 11) is 0. The lowest BCUT2D eigenvalue weighted by Gasteiger charge is -2.28. The molecule has 0 spiro atoms. The van der Waals surface area contributed by atoms with Gasteiger partial charge in [0.2, 0.25) is 0 Å². The molecule has 0 unspecified atom stereocenters. The van der Waals surface area contributed by atoms with E-state index in [1.54, 1.807) is 31.2 Å². The number of aryl methyl sites for hydroxylation is 1. The van der Waals surface area contributed by atoms with Gasteiger partial charge in [0.05, 0.1) is 4.92 Å². The molecule has 1 aliphatic rings. The Bertz CT molecular complexity index is 936. The number of hydrogen-bond donors (Lipinski definition) is 1. The van der Waals surface area contributed by atoms with Crippen molar-refractivity contribution < 1.29 is 19.6 Å². The van der Waals surface area contributed by atoms with Crippen molar-refractivity contribution in [2.45, 2.75) is 18.3 Å². The Kier molecular flexibility index (Phi) is 5.38. The third-order valence-corrected chi connectivity index (χ3v) is 5.99. The number of benzene rings is 2. The van der Waals surface area contributed by atoms with Gasteiger partial charge in [-0.25, -0.2) is 4.79 Å². The predicted octanol–water partition coefficient (Wildman–Crippen LogP) is 3.90. The minimum atomic E-state index is -1.13. The smallest absolute Gasteiger partial charge is 0.327 e. The topological polar surface area (TPSA) is 101 Å². The van der Waals surface area contributed by atoms with Crippen LogP contribution in [0.5, 0.6) is 0 Å². The SMILES string of the molecule is Cc1ccc(C(=O)N2[C@@H](C(=O)O)CS[C@H]2c2ccccc2Cl)cc1[N+](=O)[O-]. The van der Waals surface area contributed by atoms with Crippen LogP contribution in [0.4, 0.5) is 5.69 Å². The molecule has 2 atom stereocenters. The zero-order valence-electron chi connectivity index (χ0n) is 14.2. The van der Waals surface area contributed by atoms with Crippen molar-refractivity contribution in [1.29, 1.82) is 0 Å². The molecule has 0 aliphatic carbocycles. The van der Waals surface area contributed by atoms with E-state index in [0.29, 0.717) is 16.1 Å². The first-order valence-electron chi connectivity index (χ1n) is 7.97. The summed E-state index contributed by atoms with van der Waals surface area (Å²) >= 11 is 7.54. The molecule has 0 aromatic heterocycles. The Morgan fingerprint density at radius 1 is 1.30 bits per heavy atom. The minimum absolute atomic E-state index is 0.0677. The van der Waals surface area contributed by atoms with Crippen LogP contribution in [0.1, 0.15) is 26.9 Å². The molecule has 1 amide bonds. The Labute approximate surface area is 164 Å². The van der Waals surface area contributed by atoms with Gasteiger partial charge in [-0.2, -0.15) is 0 Å². The van der Waals surface area contributed by atoms with Crippen molar-refractivity contribution in [3.8, 4) is 0 Å². The van der Waals surface area contributed by atoms with Crippen molar-refractivity contribution in [2.24, 2.45) is 0 Å². The molecular formula is C18H15ClN2O5S. The number of amides is 1. The summed E-state index contributed by atoms with van der Waals surface area (Å²) in [5, 5.41) is 20.6. The molecule has 9 heteroatoms. The molecule has 1 heterocycles. The first-order valence-corrected chi connectivity index (χ1v) is 9.40. The fourth-order valence-corrected chi connectivity index (χ4v) is 4.71. The molecule has 0 radical (unpaired) electrons. The van der Waals surface area contributed by atoms with Crippen LogP contribution in [-0.4, -0.2) is 38.6 Å². The van der Waals surface area contributed by atoms with Crippen molar-refractivity contribution in [2.75, 3.05) is 5.75 Å². The number of carbonyl (C=O) groups is 2. The number of halogens is 1.